The Morgan fingerprint density at radius 1 is 1.33 bits per heavy atom. The first-order valence-electron chi connectivity index (χ1n) is 4.95. The average molecular weight is 202 g/mol. The second-order valence-electron chi connectivity index (χ2n) is 4.00. The number of aryl methyl sites for hydroxylation is 3. The quantitative estimate of drug-likeness (QED) is 0.665. The topological polar surface area (TPSA) is 34.9 Å². The SMILES string of the molecule is CC(=O)c1nc2c(C)cc(C)cc2n1C. The number of rotatable bonds is 1. The Hall–Kier alpha value is -1.64. The number of nitrogens with zero attached hydrogens (tertiary/aromatic N) is 2. The van der Waals surface area contributed by atoms with E-state index >= 15 is 0 Å². The van der Waals surface area contributed by atoms with Gasteiger partial charge in [-0.2, -0.15) is 0 Å². The van der Waals surface area contributed by atoms with E-state index < -0.39 is 0 Å². The van der Waals surface area contributed by atoms with E-state index in [2.05, 4.69) is 17.1 Å². The number of carbonyl (C=O) groups is 1. The molecule has 1 aromatic carbocycles. The second-order valence-corrected chi connectivity index (χ2v) is 4.00. The highest BCUT2D eigenvalue weighted by Gasteiger charge is 2.12. The van der Waals surface area contributed by atoms with Crippen LogP contribution < -0.4 is 0 Å². The molecule has 0 radical (unpaired) electrons. The van der Waals surface area contributed by atoms with E-state index in [4.69, 9.17) is 0 Å². The van der Waals surface area contributed by atoms with Gasteiger partial charge in [0.25, 0.3) is 0 Å². The van der Waals surface area contributed by atoms with Crippen LogP contribution in [0.1, 0.15) is 28.7 Å². The van der Waals surface area contributed by atoms with Crippen LogP contribution in [-0.2, 0) is 7.05 Å². The summed E-state index contributed by atoms with van der Waals surface area (Å²) in [5.41, 5.74) is 4.26. The Balaban J connectivity index is 2.88. The fourth-order valence-electron chi connectivity index (χ4n) is 1.95. The van der Waals surface area contributed by atoms with Crippen LogP contribution in [0.2, 0.25) is 0 Å². The largest absolute Gasteiger partial charge is 0.325 e. The molecule has 0 fully saturated rings. The summed E-state index contributed by atoms with van der Waals surface area (Å²) in [4.78, 5) is 15.7. The van der Waals surface area contributed by atoms with Gasteiger partial charge in [-0.25, -0.2) is 4.98 Å². The Morgan fingerprint density at radius 2 is 2.00 bits per heavy atom. The monoisotopic (exact) mass is 202 g/mol. The molecule has 0 spiro atoms. The molecule has 3 nitrogen and oxygen atoms in total. The minimum atomic E-state index is 0.00533. The Kier molecular flexibility index (Phi) is 2.11. The molecular weight excluding hydrogens is 188 g/mol. The van der Waals surface area contributed by atoms with Gasteiger partial charge in [0, 0.05) is 14.0 Å². The van der Waals surface area contributed by atoms with Crippen LogP contribution in [0.5, 0.6) is 0 Å². The third kappa shape index (κ3) is 1.44. The fraction of sp³-hybridized carbons (Fsp3) is 0.333. The van der Waals surface area contributed by atoms with E-state index in [1.54, 1.807) is 6.92 Å². The van der Waals surface area contributed by atoms with E-state index in [-0.39, 0.29) is 5.78 Å². The number of aromatic nitrogens is 2. The van der Waals surface area contributed by atoms with Crippen LogP contribution in [-0.4, -0.2) is 15.3 Å². The van der Waals surface area contributed by atoms with Crippen LogP contribution >= 0.6 is 0 Å². The van der Waals surface area contributed by atoms with Crippen molar-refractivity contribution in [3.63, 3.8) is 0 Å². The molecule has 15 heavy (non-hydrogen) atoms. The van der Waals surface area contributed by atoms with E-state index in [1.807, 2.05) is 25.5 Å². The van der Waals surface area contributed by atoms with E-state index in [0.717, 1.165) is 16.6 Å². The van der Waals surface area contributed by atoms with Crippen molar-refractivity contribution in [2.24, 2.45) is 7.05 Å². The van der Waals surface area contributed by atoms with Crippen LogP contribution in [0.15, 0.2) is 12.1 Å². The molecule has 1 heterocycles. The third-order valence-electron chi connectivity index (χ3n) is 2.64. The standard InChI is InChI=1S/C12H14N2O/c1-7-5-8(2)11-10(6-7)14(4)12(13-11)9(3)15/h5-6H,1-4H3. The van der Waals surface area contributed by atoms with Gasteiger partial charge in [-0.05, 0) is 31.0 Å². The number of fused-ring (bicyclic) bond motifs is 1. The first-order valence-corrected chi connectivity index (χ1v) is 4.95. The lowest BCUT2D eigenvalue weighted by Gasteiger charge is -2.00. The molecule has 0 bridgehead atoms. The zero-order valence-electron chi connectivity index (χ0n) is 9.46. The summed E-state index contributed by atoms with van der Waals surface area (Å²) in [6.45, 7) is 5.61. The molecule has 0 unspecified atom stereocenters. The molecule has 0 atom stereocenters. The number of imidazole rings is 1. The summed E-state index contributed by atoms with van der Waals surface area (Å²) in [7, 11) is 1.88. The summed E-state index contributed by atoms with van der Waals surface area (Å²) in [5.74, 6) is 0.532. The molecular formula is C12H14N2O. The Morgan fingerprint density at radius 3 is 2.60 bits per heavy atom. The molecule has 0 aliphatic heterocycles. The molecule has 0 aliphatic rings. The van der Waals surface area contributed by atoms with Gasteiger partial charge in [0.15, 0.2) is 11.6 Å². The van der Waals surface area contributed by atoms with Gasteiger partial charge in [-0.15, -0.1) is 0 Å². The number of benzene rings is 1. The molecule has 3 heteroatoms. The molecule has 2 aromatic rings. The van der Waals surface area contributed by atoms with Crippen molar-refractivity contribution in [2.75, 3.05) is 0 Å². The molecule has 0 N–H and O–H groups in total. The molecule has 0 saturated carbocycles. The predicted molar refractivity (Wildman–Crippen MR) is 60.2 cm³/mol. The number of hydrogen-bond donors (Lipinski definition) is 0. The van der Waals surface area contributed by atoms with Crippen LogP contribution in [0.4, 0.5) is 0 Å². The maximum Gasteiger partial charge on any atom is 0.195 e. The highest BCUT2D eigenvalue weighted by molar-refractivity contribution is 5.95. The van der Waals surface area contributed by atoms with Gasteiger partial charge in [0.2, 0.25) is 0 Å². The van der Waals surface area contributed by atoms with Gasteiger partial charge >= 0.3 is 0 Å². The molecule has 1 aromatic heterocycles. The first kappa shape index (κ1) is 9.90. The normalized spacial score (nSPS) is 10.9. The Labute approximate surface area is 88.7 Å². The smallest absolute Gasteiger partial charge is 0.195 e. The van der Waals surface area contributed by atoms with E-state index in [0.29, 0.717) is 5.82 Å². The minimum Gasteiger partial charge on any atom is -0.325 e. The zero-order valence-corrected chi connectivity index (χ0v) is 9.46. The van der Waals surface area contributed by atoms with Crippen molar-refractivity contribution in [3.05, 3.63) is 29.1 Å². The lowest BCUT2D eigenvalue weighted by atomic mass is 10.1. The van der Waals surface area contributed by atoms with Crippen LogP contribution in [0, 0.1) is 13.8 Å². The minimum absolute atomic E-state index is 0.00533. The molecule has 0 saturated heterocycles. The van der Waals surface area contributed by atoms with Crippen LogP contribution in [0.3, 0.4) is 0 Å². The first-order chi connectivity index (χ1) is 7.00. The fourth-order valence-corrected chi connectivity index (χ4v) is 1.95. The zero-order chi connectivity index (χ0) is 11.2. The van der Waals surface area contributed by atoms with Crippen molar-refractivity contribution < 1.29 is 4.79 Å². The van der Waals surface area contributed by atoms with Gasteiger partial charge in [0.05, 0.1) is 11.0 Å². The summed E-state index contributed by atoms with van der Waals surface area (Å²) in [6, 6.07) is 4.14. The van der Waals surface area contributed by atoms with Gasteiger partial charge < -0.3 is 4.57 Å². The number of Topliss-reactive ketones (excluding diaryl/α,β-unsaturated/α-hetero) is 1. The van der Waals surface area contributed by atoms with Gasteiger partial charge in [-0.1, -0.05) is 6.07 Å². The van der Waals surface area contributed by atoms with E-state index in [1.165, 1.54) is 5.56 Å². The third-order valence-corrected chi connectivity index (χ3v) is 2.64. The number of carbonyl (C=O) groups excluding carboxylic acids is 1. The maximum absolute atomic E-state index is 11.3. The lowest BCUT2D eigenvalue weighted by molar-refractivity contribution is 0.100. The average Bonchev–Trinajstić information content (AvgIpc) is 2.44. The van der Waals surface area contributed by atoms with Crippen molar-refractivity contribution >= 4 is 16.8 Å². The highest BCUT2D eigenvalue weighted by atomic mass is 16.1. The van der Waals surface area contributed by atoms with Gasteiger partial charge in [-0.3, -0.25) is 4.79 Å². The van der Waals surface area contributed by atoms with Crippen molar-refractivity contribution in [1.82, 2.24) is 9.55 Å². The molecule has 0 aliphatic carbocycles. The maximum atomic E-state index is 11.3. The molecule has 78 valence electrons. The molecule has 2 rings (SSSR count). The van der Waals surface area contributed by atoms with Crippen LogP contribution in [0.25, 0.3) is 11.0 Å². The lowest BCUT2D eigenvalue weighted by Crippen LogP contribution is -2.02. The summed E-state index contributed by atoms with van der Waals surface area (Å²) in [6.07, 6.45) is 0. The Bertz CT molecular complexity index is 552. The summed E-state index contributed by atoms with van der Waals surface area (Å²) < 4.78 is 1.86. The van der Waals surface area contributed by atoms with Gasteiger partial charge in [0.1, 0.15) is 0 Å². The molecule has 0 amide bonds. The highest BCUT2D eigenvalue weighted by Crippen LogP contribution is 2.20. The van der Waals surface area contributed by atoms with Crippen molar-refractivity contribution in [2.45, 2.75) is 20.8 Å². The number of hydrogen-bond acceptors (Lipinski definition) is 2. The number of ketones is 1. The predicted octanol–water partition coefficient (Wildman–Crippen LogP) is 2.39. The summed E-state index contributed by atoms with van der Waals surface area (Å²) >= 11 is 0. The van der Waals surface area contributed by atoms with Crippen molar-refractivity contribution in [1.29, 1.82) is 0 Å². The van der Waals surface area contributed by atoms with Crippen molar-refractivity contribution in [3.8, 4) is 0 Å². The van der Waals surface area contributed by atoms with E-state index in [9.17, 15) is 4.79 Å². The summed E-state index contributed by atoms with van der Waals surface area (Å²) in [5, 5.41) is 0. The second kappa shape index (κ2) is 3.19.